The second-order valence-electron chi connectivity index (χ2n) is 9.62. The van der Waals surface area contributed by atoms with Gasteiger partial charge in [0.05, 0.1) is 21.1 Å². The summed E-state index contributed by atoms with van der Waals surface area (Å²) in [6.07, 6.45) is 9.11. The Morgan fingerprint density at radius 1 is 0.800 bits per heavy atom. The smallest absolute Gasteiger partial charge is 0.498 e. The zero-order chi connectivity index (χ0) is 26.1. The molecule has 2 rings (SSSR count). The number of hydrogen-bond donors (Lipinski definition) is 0. The largest absolute Gasteiger partial charge is 0.788 e. The standard InChI is InChI=1S/C22H31BF2NO3.C6H13/c1-5-6-7-10-16-27-23(28-20-14-9-8-13-19(20)24)29-21-15-11-12-18(22(21)25)17-26(2,3)4;1-3-5-6-4-2/h8-9,11-15H,5-7,10,16-17H2,1-4H3;1,3-6H2,2H3/q+1;-1. The van der Waals surface area contributed by atoms with Crippen LogP contribution >= 0.6 is 0 Å². The number of quaternary nitrogens is 1. The number of rotatable bonds is 15. The number of para-hydroxylation sites is 1. The minimum Gasteiger partial charge on any atom is -0.498 e. The highest BCUT2D eigenvalue weighted by Gasteiger charge is 2.30. The van der Waals surface area contributed by atoms with E-state index in [9.17, 15) is 8.78 Å². The molecule has 2 aromatic rings. The van der Waals surface area contributed by atoms with Crippen molar-refractivity contribution in [1.29, 1.82) is 0 Å². The highest BCUT2D eigenvalue weighted by atomic mass is 19.1. The molecular formula is C28H44BF2NO3. The normalized spacial score (nSPS) is 11.0. The van der Waals surface area contributed by atoms with Crippen LogP contribution in [0.25, 0.3) is 0 Å². The van der Waals surface area contributed by atoms with Crippen LogP contribution in [-0.4, -0.2) is 39.6 Å². The summed E-state index contributed by atoms with van der Waals surface area (Å²) >= 11 is 0. The number of nitrogens with zero attached hydrogens (tertiary/aromatic N) is 1. The van der Waals surface area contributed by atoms with Gasteiger partial charge in [-0.25, -0.2) is 8.78 Å². The Morgan fingerprint density at radius 2 is 1.43 bits per heavy atom. The van der Waals surface area contributed by atoms with E-state index in [1.807, 2.05) is 21.1 Å². The van der Waals surface area contributed by atoms with E-state index < -0.39 is 19.0 Å². The first kappa shape index (κ1) is 30.9. The molecule has 0 aliphatic carbocycles. The highest BCUT2D eigenvalue weighted by molar-refractivity contribution is 6.38. The first-order valence-corrected chi connectivity index (χ1v) is 12.8. The summed E-state index contributed by atoms with van der Waals surface area (Å²) in [6.45, 7) is 8.93. The van der Waals surface area contributed by atoms with Crippen molar-refractivity contribution in [2.75, 3.05) is 27.7 Å². The third-order valence-electron chi connectivity index (χ3n) is 5.08. The quantitative estimate of drug-likeness (QED) is 0.111. The molecule has 0 bridgehead atoms. The second-order valence-corrected chi connectivity index (χ2v) is 9.62. The van der Waals surface area contributed by atoms with Crippen LogP contribution in [0.5, 0.6) is 11.5 Å². The third kappa shape index (κ3) is 13.5. The number of hydrogen-bond acceptors (Lipinski definition) is 3. The lowest BCUT2D eigenvalue weighted by Crippen LogP contribution is -2.35. The van der Waals surface area contributed by atoms with E-state index in [0.29, 0.717) is 23.2 Å². The van der Waals surface area contributed by atoms with Gasteiger partial charge in [0.1, 0.15) is 18.0 Å². The zero-order valence-corrected chi connectivity index (χ0v) is 22.3. The molecule has 0 aliphatic heterocycles. The van der Waals surface area contributed by atoms with Gasteiger partial charge in [0.15, 0.2) is 11.6 Å². The maximum Gasteiger partial charge on any atom is 0.788 e. The molecule has 0 fully saturated rings. The number of unbranched alkanes of at least 4 members (excludes halogenated alkanes) is 6. The molecule has 4 nitrogen and oxygen atoms in total. The van der Waals surface area contributed by atoms with Crippen LogP contribution in [0, 0.1) is 18.6 Å². The maximum atomic E-state index is 14.9. The third-order valence-corrected chi connectivity index (χ3v) is 5.08. The molecule has 0 spiro atoms. The number of benzene rings is 2. The Hall–Kier alpha value is -2.12. The second kappa shape index (κ2) is 17.3. The lowest BCUT2D eigenvalue weighted by atomic mass is 10.1. The van der Waals surface area contributed by atoms with E-state index in [1.165, 1.54) is 37.5 Å². The Labute approximate surface area is 212 Å². The lowest BCUT2D eigenvalue weighted by molar-refractivity contribution is -0.884. The molecule has 0 aliphatic rings. The molecule has 0 atom stereocenters. The SMILES string of the molecule is CCCCCCOB(Oc1ccccc1F)Oc1cccc(C[N+](C)(C)C)c1F.[CH2-]CCCCC. The van der Waals surface area contributed by atoms with E-state index in [2.05, 4.69) is 20.8 Å². The van der Waals surface area contributed by atoms with E-state index in [4.69, 9.17) is 14.0 Å². The van der Waals surface area contributed by atoms with Crippen molar-refractivity contribution in [2.24, 2.45) is 0 Å². The summed E-state index contributed by atoms with van der Waals surface area (Å²) in [7, 11) is 4.70. The molecule has 0 amide bonds. The molecule has 2 aromatic carbocycles. The van der Waals surface area contributed by atoms with Crippen molar-refractivity contribution in [3.63, 3.8) is 0 Å². The molecule has 0 N–H and O–H groups in total. The molecule has 0 heterocycles. The van der Waals surface area contributed by atoms with Gasteiger partial charge in [0.25, 0.3) is 0 Å². The van der Waals surface area contributed by atoms with Crippen molar-refractivity contribution < 1.29 is 27.2 Å². The van der Waals surface area contributed by atoms with Crippen LogP contribution in [0.3, 0.4) is 0 Å². The van der Waals surface area contributed by atoms with Crippen LogP contribution in [0.15, 0.2) is 42.5 Å². The topological polar surface area (TPSA) is 27.7 Å². The Kier molecular flexibility index (Phi) is 15.3. The van der Waals surface area contributed by atoms with E-state index in [1.54, 1.807) is 24.3 Å². The zero-order valence-electron chi connectivity index (χ0n) is 22.3. The summed E-state index contributed by atoms with van der Waals surface area (Å²) in [6, 6.07) is 11.0. The van der Waals surface area contributed by atoms with Crippen molar-refractivity contribution in [1.82, 2.24) is 0 Å². The summed E-state index contributed by atoms with van der Waals surface area (Å²) in [5, 5.41) is 0. The highest BCUT2D eigenvalue weighted by Crippen LogP contribution is 2.24. The average molecular weight is 491 g/mol. The van der Waals surface area contributed by atoms with Gasteiger partial charge in [-0.05, 0) is 24.6 Å². The molecule has 0 unspecified atom stereocenters. The minimum absolute atomic E-state index is 0.00557. The Balaban J connectivity index is 0.000000905. The molecular weight excluding hydrogens is 447 g/mol. The van der Waals surface area contributed by atoms with Crippen LogP contribution in [0.4, 0.5) is 8.78 Å². The molecule has 7 heteroatoms. The van der Waals surface area contributed by atoms with Crippen LogP contribution in [-0.2, 0) is 11.2 Å². The fourth-order valence-corrected chi connectivity index (χ4v) is 3.26. The fraction of sp³-hybridized carbons (Fsp3) is 0.536. The molecule has 0 saturated heterocycles. The van der Waals surface area contributed by atoms with Gasteiger partial charge in [-0.2, -0.15) is 6.42 Å². The van der Waals surface area contributed by atoms with E-state index >= 15 is 0 Å². The predicted molar refractivity (Wildman–Crippen MR) is 141 cm³/mol. The van der Waals surface area contributed by atoms with Gasteiger partial charge < -0.3 is 25.4 Å². The molecule has 0 aromatic heterocycles. The van der Waals surface area contributed by atoms with Crippen LogP contribution < -0.4 is 9.31 Å². The summed E-state index contributed by atoms with van der Waals surface area (Å²) in [5.41, 5.74) is 0.530. The summed E-state index contributed by atoms with van der Waals surface area (Å²) in [5.74, 6) is -0.980. The Bertz CT molecular complexity index is 826. The first-order valence-electron chi connectivity index (χ1n) is 12.8. The maximum absolute atomic E-state index is 14.9. The molecule has 196 valence electrons. The van der Waals surface area contributed by atoms with E-state index in [0.717, 1.165) is 32.1 Å². The average Bonchev–Trinajstić information content (AvgIpc) is 2.81. The fourth-order valence-electron chi connectivity index (χ4n) is 3.26. The van der Waals surface area contributed by atoms with Gasteiger partial charge in [-0.1, -0.05) is 76.6 Å². The van der Waals surface area contributed by atoms with E-state index in [-0.39, 0.29) is 11.5 Å². The molecule has 0 saturated carbocycles. The van der Waals surface area contributed by atoms with Crippen molar-refractivity contribution >= 4 is 7.32 Å². The van der Waals surface area contributed by atoms with Crippen molar-refractivity contribution in [2.45, 2.75) is 71.8 Å². The molecule has 0 radical (unpaired) electrons. The monoisotopic (exact) mass is 491 g/mol. The van der Waals surface area contributed by atoms with Gasteiger partial charge in [-0.15, -0.1) is 0 Å². The van der Waals surface area contributed by atoms with Crippen molar-refractivity contribution in [3.05, 3.63) is 66.6 Å². The van der Waals surface area contributed by atoms with Crippen molar-refractivity contribution in [3.8, 4) is 11.5 Å². The summed E-state index contributed by atoms with van der Waals surface area (Å²) in [4.78, 5) is 0. The van der Waals surface area contributed by atoms with Gasteiger partial charge >= 0.3 is 7.32 Å². The van der Waals surface area contributed by atoms with Gasteiger partial charge in [-0.3, -0.25) is 0 Å². The predicted octanol–water partition coefficient (Wildman–Crippen LogP) is 7.61. The van der Waals surface area contributed by atoms with Gasteiger partial charge in [0.2, 0.25) is 0 Å². The Morgan fingerprint density at radius 3 is 2.03 bits per heavy atom. The lowest BCUT2D eigenvalue weighted by Gasteiger charge is -2.24. The van der Waals surface area contributed by atoms with Gasteiger partial charge in [0, 0.05) is 12.2 Å². The van der Waals surface area contributed by atoms with Crippen LogP contribution in [0.1, 0.15) is 70.8 Å². The van der Waals surface area contributed by atoms with Crippen LogP contribution in [0.2, 0.25) is 0 Å². The molecule has 35 heavy (non-hydrogen) atoms. The first-order chi connectivity index (χ1) is 16.7. The number of halogens is 2. The minimum atomic E-state index is -1.25. The summed E-state index contributed by atoms with van der Waals surface area (Å²) < 4.78 is 46.4.